The second-order valence-corrected chi connectivity index (χ2v) is 16.0. The van der Waals surface area contributed by atoms with Gasteiger partial charge in [-0.15, -0.1) is 0 Å². The number of carbonyl (C=O) groups excluding carboxylic acids is 1. The van der Waals surface area contributed by atoms with Crippen LogP contribution in [0.5, 0.6) is 5.88 Å². The highest BCUT2D eigenvalue weighted by atomic mass is 19.4. The number of nitrogens with zero attached hydrogens (tertiary/aromatic N) is 8. The number of halogens is 3. The van der Waals surface area contributed by atoms with Crippen LogP contribution in [0.25, 0.3) is 38.8 Å². The number of anilines is 2. The topological polar surface area (TPSA) is 205 Å². The van der Waals surface area contributed by atoms with Crippen LogP contribution in [0.1, 0.15) is 17.5 Å². The summed E-state index contributed by atoms with van der Waals surface area (Å²) in [5.74, 6) is 0.685. The molecule has 1 fully saturated rings. The van der Waals surface area contributed by atoms with Crippen LogP contribution in [0.15, 0.2) is 78.1 Å². The lowest BCUT2D eigenvalue weighted by Gasteiger charge is -2.37. The van der Waals surface area contributed by atoms with Gasteiger partial charge in [-0.2, -0.15) is 13.2 Å². The number of nitrogens with one attached hydrogen (secondary N) is 1. The molecule has 1 aliphatic rings. The monoisotopic (exact) mass is 976 g/mol. The molecule has 5 heterocycles. The first-order valence-corrected chi connectivity index (χ1v) is 23.0. The Labute approximate surface area is 402 Å². The lowest BCUT2D eigenvalue weighted by atomic mass is 10.0. The highest BCUT2D eigenvalue weighted by molar-refractivity contribution is 6.04. The van der Waals surface area contributed by atoms with Gasteiger partial charge in [-0.3, -0.25) is 18.9 Å². The Balaban J connectivity index is 0.846. The van der Waals surface area contributed by atoms with Crippen molar-refractivity contribution in [2.75, 3.05) is 129 Å². The minimum Gasteiger partial charge on any atom is -0.481 e. The number of amides is 1. The third kappa shape index (κ3) is 13.7. The van der Waals surface area contributed by atoms with Crippen LogP contribution < -0.4 is 31.3 Å². The number of imidazole rings is 1. The number of hydrogen-bond acceptors (Lipinski definition) is 16. The summed E-state index contributed by atoms with van der Waals surface area (Å²) in [6.45, 7) is 7.15. The van der Waals surface area contributed by atoms with E-state index in [0.29, 0.717) is 132 Å². The van der Waals surface area contributed by atoms with E-state index >= 15 is 0 Å². The largest absolute Gasteiger partial charge is 0.481 e. The number of aryl methyl sites for hydroxylation is 1. The smallest absolute Gasteiger partial charge is 0.418 e. The number of benzene rings is 2. The molecule has 0 unspecified atom stereocenters. The lowest BCUT2D eigenvalue weighted by molar-refractivity contribution is -0.137. The Hall–Kier alpha value is -6.27. The van der Waals surface area contributed by atoms with E-state index in [1.54, 1.807) is 48.9 Å². The standard InChI is InChI=1S/C48H59F3N10O9/c1-58-42-33-53-40-6-3-35(36-4-8-44(64-2)55-32-36)27-38(40)45(42)61(47(58)63)37-5-7-41(39(28-37)48(49,50)51)59-11-13-60(14-12-59)46-56-30-34(31-57-46)29-54-43(62)9-15-65-17-19-67-21-23-69-25-26-70-24-22-68-20-18-66-16-10-52/h3-8,27-28,30-33H,9-26,29,52H2,1-2H3,(H,54,62). The van der Waals surface area contributed by atoms with Gasteiger partial charge >= 0.3 is 11.9 Å². The Morgan fingerprint density at radius 3 is 1.89 bits per heavy atom. The molecule has 376 valence electrons. The van der Waals surface area contributed by atoms with E-state index in [2.05, 4.69) is 25.3 Å². The van der Waals surface area contributed by atoms with Gasteiger partial charge in [-0.05, 0) is 42.0 Å². The molecule has 1 amide bonds. The number of nitrogens with two attached hydrogens (primary N) is 1. The number of ether oxygens (including phenoxy) is 7. The van der Waals surface area contributed by atoms with Crippen molar-refractivity contribution < 1.29 is 51.1 Å². The molecule has 0 bridgehead atoms. The molecule has 3 N–H and O–H groups in total. The fourth-order valence-corrected chi connectivity index (χ4v) is 7.74. The van der Waals surface area contributed by atoms with Crippen LogP contribution in [0, 0.1) is 0 Å². The zero-order chi connectivity index (χ0) is 49.3. The first-order chi connectivity index (χ1) is 34.0. The molecule has 19 nitrogen and oxygen atoms in total. The molecule has 4 aromatic heterocycles. The number of aromatic nitrogens is 6. The first-order valence-electron chi connectivity index (χ1n) is 23.0. The zero-order valence-corrected chi connectivity index (χ0v) is 39.3. The summed E-state index contributed by atoms with van der Waals surface area (Å²) in [7, 11) is 3.10. The fourth-order valence-electron chi connectivity index (χ4n) is 7.74. The van der Waals surface area contributed by atoms with Crippen molar-refractivity contribution in [1.29, 1.82) is 0 Å². The van der Waals surface area contributed by atoms with Gasteiger partial charge in [0, 0.05) is 99.6 Å². The normalized spacial score (nSPS) is 13.2. The highest BCUT2D eigenvalue weighted by Crippen LogP contribution is 2.39. The molecule has 0 atom stereocenters. The van der Waals surface area contributed by atoms with E-state index < -0.39 is 17.4 Å². The maximum absolute atomic E-state index is 15.0. The summed E-state index contributed by atoms with van der Waals surface area (Å²) in [4.78, 5) is 47.6. The second-order valence-electron chi connectivity index (χ2n) is 16.0. The minimum atomic E-state index is -4.72. The number of carbonyl (C=O) groups is 1. The zero-order valence-electron chi connectivity index (χ0n) is 39.3. The van der Waals surface area contributed by atoms with Crippen molar-refractivity contribution in [2.45, 2.75) is 19.1 Å². The number of pyridine rings is 2. The third-order valence-corrected chi connectivity index (χ3v) is 11.4. The SMILES string of the molecule is COc1ccc(-c2ccc3ncc4c(c3c2)n(-c2ccc(N3CCN(c5ncc(CNC(=O)CCOCCOCCOCCOCCOCCOCCN)cn5)CC3)c(C(F)(F)F)c2)c(=O)n4C)cn1. The molecule has 7 rings (SSSR count). The van der Waals surface area contributed by atoms with Crippen molar-refractivity contribution in [3.63, 3.8) is 0 Å². The Morgan fingerprint density at radius 1 is 0.700 bits per heavy atom. The van der Waals surface area contributed by atoms with Crippen LogP contribution in [-0.4, -0.2) is 154 Å². The Morgan fingerprint density at radius 2 is 1.30 bits per heavy atom. The predicted molar refractivity (Wildman–Crippen MR) is 255 cm³/mol. The van der Waals surface area contributed by atoms with E-state index in [1.807, 2.05) is 29.2 Å². The molecule has 70 heavy (non-hydrogen) atoms. The molecule has 0 saturated carbocycles. The van der Waals surface area contributed by atoms with Crippen LogP contribution in [0.2, 0.25) is 0 Å². The van der Waals surface area contributed by atoms with E-state index in [-0.39, 0.29) is 49.9 Å². The molecule has 1 aliphatic heterocycles. The van der Waals surface area contributed by atoms with Crippen molar-refractivity contribution in [3.8, 4) is 22.7 Å². The van der Waals surface area contributed by atoms with Crippen molar-refractivity contribution in [2.24, 2.45) is 12.8 Å². The molecule has 2 aromatic carbocycles. The van der Waals surface area contributed by atoms with E-state index in [1.165, 1.54) is 22.3 Å². The summed E-state index contributed by atoms with van der Waals surface area (Å²) in [5, 5.41) is 3.42. The van der Waals surface area contributed by atoms with Gasteiger partial charge in [0.25, 0.3) is 0 Å². The molecule has 1 saturated heterocycles. The van der Waals surface area contributed by atoms with Crippen molar-refractivity contribution in [1.82, 2.24) is 34.4 Å². The van der Waals surface area contributed by atoms with Crippen LogP contribution >= 0.6 is 0 Å². The van der Waals surface area contributed by atoms with Crippen molar-refractivity contribution >= 4 is 39.5 Å². The summed E-state index contributed by atoms with van der Waals surface area (Å²) < 4.78 is 85.3. The molecule has 0 spiro atoms. The summed E-state index contributed by atoms with van der Waals surface area (Å²) in [6, 6.07) is 13.1. The van der Waals surface area contributed by atoms with Gasteiger partial charge in [0.05, 0.1) is 120 Å². The third-order valence-electron chi connectivity index (χ3n) is 11.4. The van der Waals surface area contributed by atoms with Gasteiger partial charge < -0.3 is 54.0 Å². The molecule has 0 aliphatic carbocycles. The summed E-state index contributed by atoms with van der Waals surface area (Å²) >= 11 is 0. The number of piperazine rings is 1. The predicted octanol–water partition coefficient (Wildman–Crippen LogP) is 4.15. The number of alkyl halides is 3. The quantitative estimate of drug-likeness (QED) is 0.0696. The lowest BCUT2D eigenvalue weighted by Crippen LogP contribution is -2.47. The Kier molecular flexibility index (Phi) is 18.8. The molecule has 22 heteroatoms. The van der Waals surface area contributed by atoms with Crippen LogP contribution in [0.4, 0.5) is 24.8 Å². The van der Waals surface area contributed by atoms with Gasteiger partial charge in [-0.25, -0.2) is 19.7 Å². The molecular weight excluding hydrogens is 918 g/mol. The van der Waals surface area contributed by atoms with Gasteiger partial charge in [0.15, 0.2) is 0 Å². The molecule has 6 aromatic rings. The number of rotatable bonds is 27. The van der Waals surface area contributed by atoms with Gasteiger partial charge in [-0.1, -0.05) is 6.07 Å². The van der Waals surface area contributed by atoms with E-state index in [4.69, 9.17) is 38.9 Å². The second kappa shape index (κ2) is 25.5. The molecule has 0 radical (unpaired) electrons. The Bertz CT molecular complexity index is 2660. The fraction of sp³-hybridized carbons (Fsp3) is 0.458. The average Bonchev–Trinajstić information content (AvgIpc) is 3.64. The van der Waals surface area contributed by atoms with Crippen LogP contribution in [0.3, 0.4) is 0 Å². The minimum absolute atomic E-state index is 0.00923. The van der Waals surface area contributed by atoms with Gasteiger partial charge in [0.2, 0.25) is 17.7 Å². The van der Waals surface area contributed by atoms with Crippen molar-refractivity contribution in [3.05, 3.63) is 94.9 Å². The summed E-state index contributed by atoms with van der Waals surface area (Å²) in [5.41, 5.74) is 7.79. The summed E-state index contributed by atoms with van der Waals surface area (Å²) in [6.07, 6.45) is 1.89. The first kappa shape index (κ1) is 51.6. The average molecular weight is 977 g/mol. The maximum Gasteiger partial charge on any atom is 0.418 e. The van der Waals surface area contributed by atoms with Crippen LogP contribution in [-0.2, 0) is 53.0 Å². The number of fused-ring (bicyclic) bond motifs is 3. The molecular formula is C48H59F3N10O9. The number of hydrogen-bond donors (Lipinski definition) is 2. The highest BCUT2D eigenvalue weighted by Gasteiger charge is 2.36. The number of methoxy groups -OCH3 is 1. The van der Waals surface area contributed by atoms with Gasteiger partial charge in [0.1, 0.15) is 0 Å². The van der Waals surface area contributed by atoms with E-state index in [0.717, 1.165) is 17.2 Å². The van der Waals surface area contributed by atoms with E-state index in [9.17, 15) is 22.8 Å². The maximum atomic E-state index is 15.0.